The number of hydrogen-bond acceptors (Lipinski definition) is 5. The number of thiocarbonyl (C=S) groups is 1. The number of cyclic esters (lactones) is 1. The highest BCUT2D eigenvalue weighted by atomic mass is 32.1. The molecule has 0 aromatic heterocycles. The molecule has 2 rings (SSSR count). The first-order valence-electron chi connectivity index (χ1n) is 8.45. The fourth-order valence-corrected chi connectivity index (χ4v) is 2.62. The molecule has 1 aliphatic rings. The molecule has 0 bridgehead atoms. The van der Waals surface area contributed by atoms with Crippen LogP contribution in [0.1, 0.15) is 12.8 Å². The van der Waals surface area contributed by atoms with Gasteiger partial charge in [-0.3, -0.25) is 4.90 Å². The van der Waals surface area contributed by atoms with Crippen molar-refractivity contribution in [2.75, 3.05) is 45.2 Å². The molecule has 1 saturated heterocycles. The Labute approximate surface area is 158 Å². The lowest BCUT2D eigenvalue weighted by molar-refractivity contribution is 0.143. The minimum Gasteiger partial charge on any atom is -0.491 e. The average Bonchev–Trinajstić information content (AvgIpc) is 2.94. The Hall–Kier alpha value is -2.13. The fraction of sp³-hybridized carbons (Fsp3) is 0.529. The number of amides is 1. The van der Waals surface area contributed by atoms with Gasteiger partial charge in [0.2, 0.25) is 0 Å². The summed E-state index contributed by atoms with van der Waals surface area (Å²) in [5.41, 5.74) is 5.78. The highest BCUT2D eigenvalue weighted by Gasteiger charge is 2.32. The SMILES string of the molecule is CN(C)CCCCOc1ccc(N2C[C@H](CNC(N)=S)OC2=O)cc1F. The van der Waals surface area contributed by atoms with Gasteiger partial charge in [0, 0.05) is 6.07 Å². The third-order valence-corrected chi connectivity index (χ3v) is 4.01. The number of nitrogens with two attached hydrogens (primary N) is 1. The van der Waals surface area contributed by atoms with Crippen molar-refractivity contribution >= 4 is 29.1 Å². The maximum Gasteiger partial charge on any atom is 0.414 e. The lowest BCUT2D eigenvalue weighted by Crippen LogP contribution is -2.37. The molecule has 0 unspecified atom stereocenters. The topological polar surface area (TPSA) is 80.1 Å². The molecular weight excluding hydrogens is 359 g/mol. The van der Waals surface area contributed by atoms with Gasteiger partial charge >= 0.3 is 6.09 Å². The molecule has 3 N–H and O–H groups in total. The standard InChI is InChI=1S/C17H25FN4O3S/c1-21(2)7-3-4-8-24-15-6-5-12(9-14(15)18)22-11-13(25-17(22)23)10-20-16(19)26/h5-6,9,13H,3-4,7-8,10-11H2,1-2H3,(H3,19,20,26)/t13-/m0/s1. The number of anilines is 1. The zero-order chi connectivity index (χ0) is 19.1. The van der Waals surface area contributed by atoms with E-state index in [0.29, 0.717) is 25.4 Å². The summed E-state index contributed by atoms with van der Waals surface area (Å²) < 4.78 is 25.0. The molecule has 144 valence electrons. The Kier molecular flexibility index (Phi) is 7.40. The lowest BCUT2D eigenvalue weighted by Gasteiger charge is -2.15. The molecule has 1 aromatic carbocycles. The minimum absolute atomic E-state index is 0.137. The van der Waals surface area contributed by atoms with Gasteiger partial charge in [0.05, 0.1) is 25.4 Å². The number of carbonyl (C=O) groups excluding carboxylic acids is 1. The molecule has 0 aliphatic carbocycles. The molecule has 0 radical (unpaired) electrons. The van der Waals surface area contributed by atoms with Gasteiger partial charge in [-0.15, -0.1) is 0 Å². The number of nitrogens with zero attached hydrogens (tertiary/aromatic N) is 2. The van der Waals surface area contributed by atoms with Crippen LogP contribution < -0.4 is 20.7 Å². The number of hydrogen-bond donors (Lipinski definition) is 2. The number of nitrogens with one attached hydrogen (secondary N) is 1. The number of unbranched alkanes of at least 4 members (excludes halogenated alkanes) is 1. The van der Waals surface area contributed by atoms with Gasteiger partial charge < -0.3 is 25.4 Å². The first-order chi connectivity index (χ1) is 12.4. The smallest absolute Gasteiger partial charge is 0.414 e. The normalized spacial score (nSPS) is 16.7. The van der Waals surface area contributed by atoms with Crippen molar-refractivity contribution in [3.05, 3.63) is 24.0 Å². The van der Waals surface area contributed by atoms with Crippen LogP contribution in [-0.4, -0.2) is 62.5 Å². The Morgan fingerprint density at radius 2 is 2.27 bits per heavy atom. The van der Waals surface area contributed by atoms with Crippen molar-refractivity contribution in [2.45, 2.75) is 18.9 Å². The van der Waals surface area contributed by atoms with Crippen LogP contribution in [0.3, 0.4) is 0 Å². The maximum absolute atomic E-state index is 14.3. The Balaban J connectivity index is 1.88. The molecule has 1 fully saturated rings. The molecule has 1 atom stereocenters. The summed E-state index contributed by atoms with van der Waals surface area (Å²) in [5.74, 6) is -0.328. The number of ether oxygens (including phenoxy) is 2. The van der Waals surface area contributed by atoms with Crippen LogP contribution in [0.25, 0.3) is 0 Å². The number of rotatable bonds is 9. The van der Waals surface area contributed by atoms with Gasteiger partial charge in [-0.2, -0.15) is 0 Å². The van der Waals surface area contributed by atoms with Crippen molar-refractivity contribution in [1.82, 2.24) is 10.2 Å². The number of halogens is 1. The van der Waals surface area contributed by atoms with Crippen LogP contribution in [0.15, 0.2) is 18.2 Å². The number of carbonyl (C=O) groups is 1. The molecule has 7 nitrogen and oxygen atoms in total. The fourth-order valence-electron chi connectivity index (χ4n) is 2.54. The second-order valence-electron chi connectivity index (χ2n) is 6.34. The van der Waals surface area contributed by atoms with E-state index in [1.807, 2.05) is 14.1 Å². The highest BCUT2D eigenvalue weighted by molar-refractivity contribution is 7.80. The Bertz CT molecular complexity index is 644. The van der Waals surface area contributed by atoms with Crippen molar-refractivity contribution in [3.8, 4) is 5.75 Å². The molecule has 1 aromatic rings. The monoisotopic (exact) mass is 384 g/mol. The van der Waals surface area contributed by atoms with E-state index < -0.39 is 18.0 Å². The third-order valence-electron chi connectivity index (χ3n) is 3.86. The highest BCUT2D eigenvalue weighted by Crippen LogP contribution is 2.27. The van der Waals surface area contributed by atoms with Crippen molar-refractivity contribution in [3.63, 3.8) is 0 Å². The van der Waals surface area contributed by atoms with Gasteiger partial charge in [0.25, 0.3) is 0 Å². The van der Waals surface area contributed by atoms with E-state index in [9.17, 15) is 9.18 Å². The Morgan fingerprint density at radius 1 is 1.50 bits per heavy atom. The van der Waals surface area contributed by atoms with Crippen LogP contribution >= 0.6 is 12.2 Å². The molecule has 1 heterocycles. The van der Waals surface area contributed by atoms with E-state index >= 15 is 0 Å². The largest absolute Gasteiger partial charge is 0.491 e. The quantitative estimate of drug-likeness (QED) is 0.495. The summed E-state index contributed by atoms with van der Waals surface area (Å²) in [6.07, 6.45) is 0.889. The van der Waals surface area contributed by atoms with Crippen LogP contribution in [0, 0.1) is 5.82 Å². The maximum atomic E-state index is 14.3. The van der Waals surface area contributed by atoms with Gasteiger partial charge in [-0.05, 0) is 57.8 Å². The van der Waals surface area contributed by atoms with E-state index in [1.54, 1.807) is 6.07 Å². The van der Waals surface area contributed by atoms with E-state index in [4.69, 9.17) is 27.4 Å². The summed E-state index contributed by atoms with van der Waals surface area (Å²) in [6.45, 7) is 2.02. The minimum atomic E-state index is -0.531. The van der Waals surface area contributed by atoms with Gasteiger partial charge in [0.15, 0.2) is 16.7 Å². The van der Waals surface area contributed by atoms with Crippen molar-refractivity contribution in [1.29, 1.82) is 0 Å². The van der Waals surface area contributed by atoms with Gasteiger partial charge in [0.1, 0.15) is 6.10 Å². The zero-order valence-corrected chi connectivity index (χ0v) is 15.9. The summed E-state index contributed by atoms with van der Waals surface area (Å²) >= 11 is 4.72. The van der Waals surface area contributed by atoms with E-state index in [1.165, 1.54) is 17.0 Å². The zero-order valence-electron chi connectivity index (χ0n) is 15.0. The van der Waals surface area contributed by atoms with Gasteiger partial charge in [-0.25, -0.2) is 9.18 Å². The molecule has 0 spiro atoms. The molecule has 0 saturated carbocycles. The second kappa shape index (κ2) is 9.54. The summed E-state index contributed by atoms with van der Waals surface area (Å²) in [6, 6.07) is 4.45. The second-order valence-corrected chi connectivity index (χ2v) is 6.77. The predicted octanol–water partition coefficient (Wildman–Crippen LogP) is 1.70. The summed E-state index contributed by atoms with van der Waals surface area (Å²) in [5, 5.41) is 2.89. The van der Waals surface area contributed by atoms with E-state index in [0.717, 1.165) is 19.4 Å². The van der Waals surface area contributed by atoms with Crippen molar-refractivity contribution in [2.24, 2.45) is 5.73 Å². The van der Waals surface area contributed by atoms with Crippen LogP contribution in [-0.2, 0) is 4.74 Å². The van der Waals surface area contributed by atoms with Crippen LogP contribution in [0.5, 0.6) is 5.75 Å². The molecule has 1 aliphatic heterocycles. The summed E-state index contributed by atoms with van der Waals surface area (Å²) in [7, 11) is 4.01. The third kappa shape index (κ3) is 5.99. The summed E-state index contributed by atoms with van der Waals surface area (Å²) in [4.78, 5) is 15.4. The van der Waals surface area contributed by atoms with Crippen LogP contribution in [0.2, 0.25) is 0 Å². The number of benzene rings is 1. The van der Waals surface area contributed by atoms with E-state index in [2.05, 4.69) is 10.2 Å². The van der Waals surface area contributed by atoms with Crippen LogP contribution in [0.4, 0.5) is 14.9 Å². The lowest BCUT2D eigenvalue weighted by atomic mass is 10.2. The van der Waals surface area contributed by atoms with E-state index in [-0.39, 0.29) is 10.9 Å². The molecule has 9 heteroatoms. The molecule has 26 heavy (non-hydrogen) atoms. The predicted molar refractivity (Wildman–Crippen MR) is 102 cm³/mol. The van der Waals surface area contributed by atoms with Gasteiger partial charge in [-0.1, -0.05) is 0 Å². The first kappa shape index (κ1) is 20.2. The first-order valence-corrected chi connectivity index (χ1v) is 8.86. The Morgan fingerprint density at radius 3 is 2.92 bits per heavy atom. The van der Waals surface area contributed by atoms with Crippen molar-refractivity contribution < 1.29 is 18.7 Å². The molecular formula is C17H25FN4O3S. The average molecular weight is 384 g/mol. The molecule has 1 amide bonds.